The van der Waals surface area contributed by atoms with Gasteiger partial charge in [0.05, 0.1) is 31.4 Å². The second-order valence-corrected chi connectivity index (χ2v) is 19.5. The molecule has 11 nitrogen and oxygen atoms in total. The van der Waals surface area contributed by atoms with E-state index in [1.807, 2.05) is 67.6 Å². The fraction of sp³-hybridized carbons (Fsp3) is 0.261. The van der Waals surface area contributed by atoms with Crippen LogP contribution in [0.1, 0.15) is 50.8 Å². The summed E-state index contributed by atoms with van der Waals surface area (Å²) in [6.07, 6.45) is -0.946. The van der Waals surface area contributed by atoms with E-state index in [4.69, 9.17) is 4.74 Å². The van der Waals surface area contributed by atoms with Crippen LogP contribution < -0.4 is 15.5 Å². The van der Waals surface area contributed by atoms with Gasteiger partial charge < -0.3 is 35.1 Å². The van der Waals surface area contributed by atoms with Crippen LogP contribution in [0.5, 0.6) is 0 Å². The van der Waals surface area contributed by atoms with E-state index in [1.54, 1.807) is 95.7 Å². The number of hydrogen-bond acceptors (Lipinski definition) is 7. The number of carbonyl (C=O) groups is 4. The van der Waals surface area contributed by atoms with Gasteiger partial charge in [-0.05, 0) is 78.8 Å². The summed E-state index contributed by atoms with van der Waals surface area (Å²) in [6.45, 7) is 5.78. The van der Waals surface area contributed by atoms with Gasteiger partial charge in [0.1, 0.15) is 0 Å². The van der Waals surface area contributed by atoms with Crippen LogP contribution in [0.2, 0.25) is 18.6 Å². The van der Waals surface area contributed by atoms with E-state index in [0.29, 0.717) is 33.8 Å². The topological polar surface area (TPSA) is 149 Å². The SMILES string of the molecule is C[C@H]1[C@H]([Si](C)(C)O)[C@@H](CC(=O)N(CCO)Cc2ccccc2)O[C@]12C(=O)N(Cc1cccc(NC(=O)c3ccccc3)c1)c1ccc(NC(=O)c3ccccc3)cc12. The molecule has 1 saturated heterocycles. The summed E-state index contributed by atoms with van der Waals surface area (Å²) in [7, 11) is -3.15. The molecule has 5 aromatic rings. The number of ether oxygens (including phenoxy) is 1. The molecule has 1 spiro atoms. The number of nitrogens with zero attached hydrogens (tertiary/aromatic N) is 2. The van der Waals surface area contributed by atoms with Gasteiger partial charge in [0.2, 0.25) is 5.91 Å². The normalized spacial score (nSPS) is 19.8. The van der Waals surface area contributed by atoms with Crippen molar-refractivity contribution in [2.75, 3.05) is 28.7 Å². The van der Waals surface area contributed by atoms with Gasteiger partial charge in [0.25, 0.3) is 17.7 Å². The second kappa shape index (κ2) is 16.9. The minimum atomic E-state index is -3.15. The third-order valence-electron chi connectivity index (χ3n) is 11.2. The Morgan fingerprint density at radius 1 is 0.776 bits per heavy atom. The van der Waals surface area contributed by atoms with Gasteiger partial charge in [-0.3, -0.25) is 19.2 Å². The Balaban J connectivity index is 1.24. The summed E-state index contributed by atoms with van der Waals surface area (Å²) in [5.41, 5.74) is 2.60. The molecule has 5 aromatic carbocycles. The molecule has 298 valence electrons. The molecule has 12 heteroatoms. The van der Waals surface area contributed by atoms with Crippen molar-refractivity contribution < 1.29 is 33.8 Å². The minimum absolute atomic E-state index is 0.108. The zero-order valence-corrected chi connectivity index (χ0v) is 33.8. The molecule has 0 unspecified atom stereocenters. The number of carbonyl (C=O) groups excluding carboxylic acids is 4. The number of anilines is 3. The summed E-state index contributed by atoms with van der Waals surface area (Å²) in [4.78, 5) is 70.8. The quantitative estimate of drug-likeness (QED) is 0.0944. The van der Waals surface area contributed by atoms with Crippen molar-refractivity contribution in [1.82, 2.24) is 4.90 Å². The lowest BCUT2D eigenvalue weighted by Crippen LogP contribution is -2.46. The maximum Gasteiger partial charge on any atom is 0.264 e. The van der Waals surface area contributed by atoms with Gasteiger partial charge in [0.15, 0.2) is 13.9 Å². The van der Waals surface area contributed by atoms with Gasteiger partial charge in [-0.2, -0.15) is 0 Å². The van der Waals surface area contributed by atoms with Crippen LogP contribution in [0.3, 0.4) is 0 Å². The fourth-order valence-corrected chi connectivity index (χ4v) is 11.1. The molecule has 2 heterocycles. The summed E-state index contributed by atoms with van der Waals surface area (Å²) in [5.74, 6) is -1.78. The van der Waals surface area contributed by atoms with Crippen molar-refractivity contribution in [2.24, 2.45) is 5.92 Å². The standard InChI is InChI=1S/C46H48N4O7Si/c1-31-42(58(2,3)56)40(28-41(52)49(24-25-51)29-32-14-7-4-8-15-32)57-46(31)38-27-37(48-44(54)35-19-11-6-12-20-35)22-23-39(38)50(45(46)55)30-33-16-13-21-36(26-33)47-43(53)34-17-9-5-10-18-34/h4-23,26-27,31,40,42,51,56H,24-25,28-30H2,1-3H3,(H,47,53)(H,48,54)/t31-,40+,42-,46+/m0/s1. The van der Waals surface area contributed by atoms with E-state index in [-0.39, 0.29) is 56.3 Å². The number of amides is 4. The Morgan fingerprint density at radius 3 is 1.93 bits per heavy atom. The van der Waals surface area contributed by atoms with Crippen LogP contribution in [-0.4, -0.2) is 66.0 Å². The van der Waals surface area contributed by atoms with Gasteiger partial charge in [-0.1, -0.05) is 85.8 Å². The predicted molar refractivity (Wildman–Crippen MR) is 226 cm³/mol. The first-order chi connectivity index (χ1) is 27.9. The molecular formula is C46H48N4O7Si. The first-order valence-electron chi connectivity index (χ1n) is 19.5. The Morgan fingerprint density at radius 2 is 1.34 bits per heavy atom. The highest BCUT2D eigenvalue weighted by Gasteiger charge is 2.66. The Kier molecular flexibility index (Phi) is 11.7. The molecule has 4 N–H and O–H groups in total. The van der Waals surface area contributed by atoms with Gasteiger partial charge in [0, 0.05) is 52.6 Å². The third kappa shape index (κ3) is 8.23. The number of benzene rings is 5. The number of fused-ring (bicyclic) bond motifs is 2. The zero-order chi connectivity index (χ0) is 41.0. The molecule has 0 aromatic heterocycles. The van der Waals surface area contributed by atoms with Crippen LogP contribution in [0.4, 0.5) is 17.1 Å². The molecule has 2 aliphatic heterocycles. The Hall–Kier alpha value is -5.92. The molecule has 2 aliphatic rings. The number of hydrogen-bond donors (Lipinski definition) is 4. The van der Waals surface area contributed by atoms with Crippen molar-refractivity contribution >= 4 is 49.0 Å². The largest absolute Gasteiger partial charge is 0.432 e. The number of aliphatic hydroxyl groups excluding tert-OH is 1. The summed E-state index contributed by atoms with van der Waals surface area (Å²) in [5, 5.41) is 15.8. The lowest BCUT2D eigenvalue weighted by molar-refractivity contribution is -0.150. The second-order valence-electron chi connectivity index (χ2n) is 15.6. The molecule has 0 bridgehead atoms. The summed E-state index contributed by atoms with van der Waals surface area (Å²) < 4.78 is 6.99. The zero-order valence-electron chi connectivity index (χ0n) is 32.8. The first kappa shape index (κ1) is 40.3. The molecule has 0 aliphatic carbocycles. The highest BCUT2D eigenvalue weighted by Crippen LogP contribution is 2.60. The molecule has 0 saturated carbocycles. The molecule has 0 radical (unpaired) electrons. The van der Waals surface area contributed by atoms with E-state index >= 15 is 4.79 Å². The number of aliphatic hydroxyl groups is 1. The first-order valence-corrected chi connectivity index (χ1v) is 22.5. The van der Waals surface area contributed by atoms with Gasteiger partial charge in [-0.25, -0.2) is 0 Å². The van der Waals surface area contributed by atoms with Crippen molar-refractivity contribution in [3.63, 3.8) is 0 Å². The highest BCUT2D eigenvalue weighted by atomic mass is 28.4. The lowest BCUT2D eigenvalue weighted by Gasteiger charge is -2.32. The molecule has 7 rings (SSSR count). The third-order valence-corrected chi connectivity index (χ3v) is 13.7. The van der Waals surface area contributed by atoms with Crippen LogP contribution in [0.15, 0.2) is 133 Å². The highest BCUT2D eigenvalue weighted by molar-refractivity contribution is 6.71. The minimum Gasteiger partial charge on any atom is -0.432 e. The summed E-state index contributed by atoms with van der Waals surface area (Å²) in [6, 6.07) is 39.8. The van der Waals surface area contributed by atoms with E-state index in [2.05, 4.69) is 10.6 Å². The van der Waals surface area contributed by atoms with Crippen molar-refractivity contribution in [3.05, 3.63) is 161 Å². The van der Waals surface area contributed by atoms with Crippen LogP contribution in [0, 0.1) is 5.92 Å². The van der Waals surface area contributed by atoms with Crippen LogP contribution >= 0.6 is 0 Å². The smallest absolute Gasteiger partial charge is 0.264 e. The van der Waals surface area contributed by atoms with Crippen LogP contribution in [0.25, 0.3) is 0 Å². The monoisotopic (exact) mass is 796 g/mol. The van der Waals surface area contributed by atoms with E-state index in [9.17, 15) is 24.3 Å². The Bertz CT molecular complexity index is 2290. The van der Waals surface area contributed by atoms with Crippen molar-refractivity contribution in [2.45, 2.75) is 56.8 Å². The summed E-state index contributed by atoms with van der Waals surface area (Å²) >= 11 is 0. The average molecular weight is 797 g/mol. The molecule has 1 fully saturated rings. The van der Waals surface area contributed by atoms with Gasteiger partial charge >= 0.3 is 0 Å². The lowest BCUT2D eigenvalue weighted by atomic mass is 9.82. The van der Waals surface area contributed by atoms with E-state index < -0.39 is 31.5 Å². The van der Waals surface area contributed by atoms with Crippen LogP contribution in [-0.2, 0) is 33.0 Å². The van der Waals surface area contributed by atoms with Gasteiger partial charge in [-0.15, -0.1) is 0 Å². The average Bonchev–Trinajstić information content (AvgIpc) is 3.64. The number of nitrogens with one attached hydrogen (secondary N) is 2. The maximum atomic E-state index is 15.2. The maximum absolute atomic E-state index is 15.2. The van der Waals surface area contributed by atoms with E-state index in [0.717, 1.165) is 11.1 Å². The molecule has 4 atom stereocenters. The van der Waals surface area contributed by atoms with Crippen molar-refractivity contribution in [1.29, 1.82) is 0 Å². The fourth-order valence-electron chi connectivity index (χ4n) is 8.55. The van der Waals surface area contributed by atoms with E-state index in [1.165, 1.54) is 0 Å². The number of rotatable bonds is 13. The van der Waals surface area contributed by atoms with Crippen molar-refractivity contribution in [3.8, 4) is 0 Å². The molecule has 58 heavy (non-hydrogen) atoms. The molecule has 4 amide bonds. The predicted octanol–water partition coefficient (Wildman–Crippen LogP) is 6.95. The Labute approximate surface area is 339 Å². The molecular weight excluding hydrogens is 749 g/mol.